The molecule has 80 valence electrons. The third-order valence-corrected chi connectivity index (χ3v) is 2.81. The van der Waals surface area contributed by atoms with Crippen molar-refractivity contribution in [3.8, 4) is 0 Å². The average Bonchev–Trinajstić information content (AvgIpc) is 2.29. The fraction of sp³-hybridized carbons (Fsp3) is 0.800. The van der Waals surface area contributed by atoms with Gasteiger partial charge in [0.15, 0.2) is 0 Å². The van der Waals surface area contributed by atoms with Crippen LogP contribution in [0.4, 0.5) is 5.13 Å². The van der Waals surface area contributed by atoms with E-state index in [0.717, 1.165) is 10.1 Å². The highest BCUT2D eigenvalue weighted by Crippen LogP contribution is 2.28. The Morgan fingerprint density at radius 2 is 1.57 bits per heavy atom. The van der Waals surface area contributed by atoms with Gasteiger partial charge in [-0.05, 0) is 20.8 Å². The normalized spacial score (nSPS) is 13.0. The molecular formula is C10H19N3S. The Bertz CT molecular complexity index is 304. The maximum atomic E-state index is 4.18. The minimum absolute atomic E-state index is 0.0503. The standard InChI is InChI=1S/C10H19N3S/c1-9(2,3)7-12-13-8(14-7)11-10(4,5)6/h1-6H3,(H,11,13). The Morgan fingerprint density at radius 1 is 1.00 bits per heavy atom. The van der Waals surface area contributed by atoms with Crippen molar-refractivity contribution in [2.45, 2.75) is 52.5 Å². The molecule has 1 aromatic heterocycles. The second-order valence-corrected chi connectivity index (χ2v) is 6.51. The first-order valence-corrected chi connectivity index (χ1v) is 5.62. The minimum atomic E-state index is 0.0503. The van der Waals surface area contributed by atoms with Gasteiger partial charge in [-0.25, -0.2) is 0 Å². The lowest BCUT2D eigenvalue weighted by molar-refractivity contribution is 0.578. The van der Waals surface area contributed by atoms with Gasteiger partial charge in [0.2, 0.25) is 5.13 Å². The van der Waals surface area contributed by atoms with E-state index in [1.165, 1.54) is 0 Å². The zero-order valence-electron chi connectivity index (χ0n) is 9.80. The summed E-state index contributed by atoms with van der Waals surface area (Å²) in [5.41, 5.74) is 0.143. The maximum absolute atomic E-state index is 4.18. The quantitative estimate of drug-likeness (QED) is 0.779. The molecule has 0 aromatic carbocycles. The molecule has 3 nitrogen and oxygen atoms in total. The molecule has 0 saturated heterocycles. The number of anilines is 1. The predicted molar refractivity (Wildman–Crippen MR) is 62.0 cm³/mol. The van der Waals surface area contributed by atoms with Gasteiger partial charge in [-0.1, -0.05) is 32.1 Å². The molecule has 14 heavy (non-hydrogen) atoms. The average molecular weight is 213 g/mol. The Balaban J connectivity index is 2.79. The van der Waals surface area contributed by atoms with Crippen LogP contribution in [0.25, 0.3) is 0 Å². The SMILES string of the molecule is CC(C)(C)Nc1nnc(C(C)(C)C)s1. The zero-order chi connectivity index (χ0) is 11.0. The van der Waals surface area contributed by atoms with E-state index in [-0.39, 0.29) is 11.0 Å². The van der Waals surface area contributed by atoms with Crippen LogP contribution in [0.1, 0.15) is 46.6 Å². The molecule has 0 radical (unpaired) electrons. The summed E-state index contributed by atoms with van der Waals surface area (Å²) in [7, 11) is 0. The Labute approximate surface area is 89.9 Å². The number of aromatic nitrogens is 2. The molecule has 1 rings (SSSR count). The summed E-state index contributed by atoms with van der Waals surface area (Å²) in [4.78, 5) is 0. The van der Waals surface area contributed by atoms with E-state index in [1.807, 2.05) is 0 Å². The lowest BCUT2D eigenvalue weighted by Crippen LogP contribution is -2.25. The molecule has 1 heterocycles. The van der Waals surface area contributed by atoms with Crippen molar-refractivity contribution < 1.29 is 0 Å². The first-order valence-electron chi connectivity index (χ1n) is 4.81. The number of nitrogens with zero attached hydrogens (tertiary/aromatic N) is 2. The lowest BCUT2D eigenvalue weighted by atomic mass is 9.98. The van der Waals surface area contributed by atoms with Gasteiger partial charge in [0.05, 0.1) is 0 Å². The molecule has 0 amide bonds. The fourth-order valence-electron chi connectivity index (χ4n) is 0.898. The van der Waals surface area contributed by atoms with Gasteiger partial charge in [0, 0.05) is 11.0 Å². The minimum Gasteiger partial charge on any atom is -0.355 e. The van der Waals surface area contributed by atoms with Gasteiger partial charge in [-0.2, -0.15) is 0 Å². The first-order chi connectivity index (χ1) is 6.18. The molecule has 1 N–H and O–H groups in total. The highest BCUT2D eigenvalue weighted by Gasteiger charge is 2.20. The predicted octanol–water partition coefficient (Wildman–Crippen LogP) is 3.05. The summed E-state index contributed by atoms with van der Waals surface area (Å²) >= 11 is 1.63. The van der Waals surface area contributed by atoms with Crippen LogP contribution in [0.15, 0.2) is 0 Å². The molecule has 0 aliphatic heterocycles. The van der Waals surface area contributed by atoms with Crippen molar-refractivity contribution in [1.29, 1.82) is 0 Å². The van der Waals surface area contributed by atoms with Gasteiger partial charge in [-0.15, -0.1) is 10.2 Å². The molecule has 0 atom stereocenters. The molecule has 0 fully saturated rings. The van der Waals surface area contributed by atoms with Gasteiger partial charge in [0.25, 0.3) is 0 Å². The van der Waals surface area contributed by atoms with Gasteiger partial charge >= 0.3 is 0 Å². The second-order valence-electron chi connectivity index (χ2n) is 5.54. The molecule has 0 unspecified atom stereocenters. The monoisotopic (exact) mass is 213 g/mol. The largest absolute Gasteiger partial charge is 0.355 e. The summed E-state index contributed by atoms with van der Waals surface area (Å²) in [6.07, 6.45) is 0. The van der Waals surface area contributed by atoms with Crippen LogP contribution in [0.5, 0.6) is 0 Å². The van der Waals surface area contributed by atoms with Crippen molar-refractivity contribution in [2.75, 3.05) is 5.32 Å². The molecule has 0 saturated carbocycles. The summed E-state index contributed by atoms with van der Waals surface area (Å²) in [5, 5.41) is 13.6. The third kappa shape index (κ3) is 3.25. The van der Waals surface area contributed by atoms with Crippen molar-refractivity contribution in [3.05, 3.63) is 5.01 Å². The highest BCUT2D eigenvalue weighted by atomic mass is 32.1. The molecule has 4 heteroatoms. The van der Waals surface area contributed by atoms with E-state index in [1.54, 1.807) is 11.3 Å². The molecular weight excluding hydrogens is 194 g/mol. The van der Waals surface area contributed by atoms with E-state index >= 15 is 0 Å². The second kappa shape index (κ2) is 3.50. The smallest absolute Gasteiger partial charge is 0.206 e. The van der Waals surface area contributed by atoms with Crippen LogP contribution in [0, 0.1) is 0 Å². The van der Waals surface area contributed by atoms with Crippen molar-refractivity contribution in [2.24, 2.45) is 0 Å². The summed E-state index contributed by atoms with van der Waals surface area (Å²) in [6.45, 7) is 12.8. The van der Waals surface area contributed by atoms with Crippen molar-refractivity contribution >= 4 is 16.5 Å². The maximum Gasteiger partial charge on any atom is 0.206 e. The van der Waals surface area contributed by atoms with E-state index < -0.39 is 0 Å². The van der Waals surface area contributed by atoms with E-state index in [4.69, 9.17) is 0 Å². The molecule has 0 bridgehead atoms. The Kier molecular flexibility index (Phi) is 2.86. The lowest BCUT2D eigenvalue weighted by Gasteiger charge is -2.19. The van der Waals surface area contributed by atoms with Crippen LogP contribution in [-0.2, 0) is 5.41 Å². The molecule has 0 spiro atoms. The van der Waals surface area contributed by atoms with Crippen LogP contribution < -0.4 is 5.32 Å². The molecule has 0 aliphatic rings. The summed E-state index contributed by atoms with van der Waals surface area (Å²) < 4.78 is 0. The number of hydrogen-bond donors (Lipinski definition) is 1. The Hall–Kier alpha value is -0.640. The number of hydrogen-bond acceptors (Lipinski definition) is 4. The van der Waals surface area contributed by atoms with Crippen molar-refractivity contribution in [3.63, 3.8) is 0 Å². The van der Waals surface area contributed by atoms with Crippen LogP contribution in [0.2, 0.25) is 0 Å². The van der Waals surface area contributed by atoms with Gasteiger partial charge in [-0.3, -0.25) is 0 Å². The van der Waals surface area contributed by atoms with E-state index in [9.17, 15) is 0 Å². The Morgan fingerprint density at radius 3 is 1.93 bits per heavy atom. The van der Waals surface area contributed by atoms with Crippen LogP contribution >= 0.6 is 11.3 Å². The van der Waals surface area contributed by atoms with Gasteiger partial charge in [0.1, 0.15) is 5.01 Å². The highest BCUT2D eigenvalue weighted by molar-refractivity contribution is 7.15. The third-order valence-electron chi connectivity index (χ3n) is 1.55. The van der Waals surface area contributed by atoms with E-state index in [0.29, 0.717) is 0 Å². The number of nitrogens with one attached hydrogen (secondary N) is 1. The van der Waals surface area contributed by atoms with Crippen molar-refractivity contribution in [1.82, 2.24) is 10.2 Å². The molecule has 1 aromatic rings. The first kappa shape index (κ1) is 11.4. The fourth-order valence-corrected chi connectivity index (χ4v) is 1.91. The van der Waals surface area contributed by atoms with E-state index in [2.05, 4.69) is 57.1 Å². The summed E-state index contributed by atoms with van der Waals surface area (Å²) in [6, 6.07) is 0. The number of rotatable bonds is 1. The zero-order valence-corrected chi connectivity index (χ0v) is 10.6. The molecule has 0 aliphatic carbocycles. The summed E-state index contributed by atoms with van der Waals surface area (Å²) in [5.74, 6) is 0. The van der Waals surface area contributed by atoms with Gasteiger partial charge < -0.3 is 5.32 Å². The van der Waals surface area contributed by atoms with Crippen LogP contribution in [-0.4, -0.2) is 15.7 Å². The topological polar surface area (TPSA) is 37.8 Å². The van der Waals surface area contributed by atoms with Crippen LogP contribution in [0.3, 0.4) is 0 Å².